The van der Waals surface area contributed by atoms with Crippen molar-refractivity contribution in [1.82, 2.24) is 9.97 Å². The van der Waals surface area contributed by atoms with Crippen molar-refractivity contribution < 1.29 is 4.39 Å². The molecule has 0 radical (unpaired) electrons. The summed E-state index contributed by atoms with van der Waals surface area (Å²) in [6.07, 6.45) is 3.33. The molecule has 0 spiro atoms. The minimum atomic E-state index is -0.295. The Bertz CT molecular complexity index is 798. The molecular formula is C14H11BrFN3S. The molecule has 6 heteroatoms. The van der Waals surface area contributed by atoms with Gasteiger partial charge in [0, 0.05) is 10.9 Å². The van der Waals surface area contributed by atoms with Crippen molar-refractivity contribution >= 4 is 43.3 Å². The van der Waals surface area contributed by atoms with Crippen LogP contribution >= 0.6 is 27.3 Å². The van der Waals surface area contributed by atoms with Gasteiger partial charge in [-0.15, -0.1) is 11.3 Å². The van der Waals surface area contributed by atoms with Crippen LogP contribution in [0, 0.1) is 5.82 Å². The first-order valence-electron chi connectivity index (χ1n) is 6.38. The Balaban J connectivity index is 1.95. The maximum absolute atomic E-state index is 13.6. The molecule has 0 bridgehead atoms. The van der Waals surface area contributed by atoms with Crippen LogP contribution in [0.1, 0.15) is 16.9 Å². The Morgan fingerprint density at radius 1 is 1.35 bits per heavy atom. The van der Waals surface area contributed by atoms with Gasteiger partial charge in [-0.2, -0.15) is 0 Å². The number of nitrogens with zero attached hydrogens (tertiary/aromatic N) is 1. The van der Waals surface area contributed by atoms with Gasteiger partial charge in [0.1, 0.15) is 11.6 Å². The highest BCUT2D eigenvalue weighted by Gasteiger charge is 2.23. The summed E-state index contributed by atoms with van der Waals surface area (Å²) in [5, 5.41) is 0.799. The predicted octanol–water partition coefficient (Wildman–Crippen LogP) is 4.26. The average molecular weight is 352 g/mol. The van der Waals surface area contributed by atoms with Crippen LogP contribution < -0.4 is 5.73 Å². The monoisotopic (exact) mass is 351 g/mol. The van der Waals surface area contributed by atoms with Gasteiger partial charge in [0.2, 0.25) is 0 Å². The van der Waals surface area contributed by atoms with E-state index in [0.717, 1.165) is 34.7 Å². The standard InChI is InChI=1S/C14H11BrFN3S/c15-7-4-9-10(5-8(7)16)19-14(18-9)12-6-2-1-3-11(6)20-13(12)17/h4-5H,1-3,17H2,(H,18,19). The van der Waals surface area contributed by atoms with Crippen molar-refractivity contribution in [3.8, 4) is 11.4 Å². The van der Waals surface area contributed by atoms with E-state index in [0.29, 0.717) is 9.99 Å². The van der Waals surface area contributed by atoms with Crippen LogP contribution in [-0.2, 0) is 12.8 Å². The van der Waals surface area contributed by atoms with E-state index in [1.54, 1.807) is 17.4 Å². The Kier molecular flexibility index (Phi) is 2.65. The molecule has 102 valence electrons. The predicted molar refractivity (Wildman–Crippen MR) is 83.5 cm³/mol. The zero-order valence-electron chi connectivity index (χ0n) is 10.5. The van der Waals surface area contributed by atoms with Gasteiger partial charge in [0.15, 0.2) is 0 Å². The van der Waals surface area contributed by atoms with Crippen LogP contribution in [0.5, 0.6) is 0 Å². The number of aromatic nitrogens is 2. The molecule has 0 atom stereocenters. The molecule has 3 N–H and O–H groups in total. The number of hydrogen-bond donors (Lipinski definition) is 2. The number of imidazole rings is 1. The number of rotatable bonds is 1. The van der Waals surface area contributed by atoms with Crippen molar-refractivity contribution in [2.75, 3.05) is 5.73 Å². The summed E-state index contributed by atoms with van der Waals surface area (Å²) in [7, 11) is 0. The molecule has 1 aromatic carbocycles. The van der Waals surface area contributed by atoms with Gasteiger partial charge in [-0.25, -0.2) is 9.37 Å². The Hall–Kier alpha value is -1.40. The molecule has 0 aliphatic heterocycles. The molecule has 0 saturated heterocycles. The van der Waals surface area contributed by atoms with E-state index >= 15 is 0 Å². The fourth-order valence-electron chi connectivity index (χ4n) is 2.81. The number of aromatic amines is 1. The van der Waals surface area contributed by atoms with E-state index < -0.39 is 0 Å². The average Bonchev–Trinajstić information content (AvgIpc) is 3.03. The number of anilines is 1. The number of benzene rings is 1. The summed E-state index contributed by atoms with van der Waals surface area (Å²) in [5.41, 5.74) is 9.90. The number of halogens is 2. The smallest absolute Gasteiger partial charge is 0.141 e. The Morgan fingerprint density at radius 3 is 3.05 bits per heavy atom. The van der Waals surface area contributed by atoms with Gasteiger partial charge < -0.3 is 10.7 Å². The summed E-state index contributed by atoms with van der Waals surface area (Å²) in [4.78, 5) is 9.13. The molecule has 3 nitrogen and oxygen atoms in total. The molecule has 2 heterocycles. The van der Waals surface area contributed by atoms with E-state index in [2.05, 4.69) is 25.9 Å². The highest BCUT2D eigenvalue weighted by Crippen LogP contribution is 2.42. The van der Waals surface area contributed by atoms with Crippen molar-refractivity contribution in [2.45, 2.75) is 19.3 Å². The van der Waals surface area contributed by atoms with E-state index in [9.17, 15) is 4.39 Å². The molecule has 0 amide bonds. The normalized spacial score (nSPS) is 14.1. The van der Waals surface area contributed by atoms with Crippen molar-refractivity contribution in [2.24, 2.45) is 0 Å². The van der Waals surface area contributed by atoms with Crippen LogP contribution in [0.15, 0.2) is 16.6 Å². The quantitative estimate of drug-likeness (QED) is 0.687. The number of nitrogens with two attached hydrogens (primary N) is 1. The second kappa shape index (κ2) is 4.30. The molecule has 1 aliphatic rings. The summed E-state index contributed by atoms with van der Waals surface area (Å²) >= 11 is 4.84. The second-order valence-corrected chi connectivity index (χ2v) is 6.96. The van der Waals surface area contributed by atoms with Crippen LogP contribution in [0.4, 0.5) is 9.39 Å². The molecule has 0 saturated carbocycles. The van der Waals surface area contributed by atoms with Gasteiger partial charge in [-0.1, -0.05) is 0 Å². The summed E-state index contributed by atoms with van der Waals surface area (Å²) < 4.78 is 14.0. The Morgan fingerprint density at radius 2 is 2.20 bits per heavy atom. The molecule has 2 aromatic heterocycles. The van der Waals surface area contributed by atoms with Gasteiger partial charge in [0.25, 0.3) is 0 Å². The number of nitrogens with one attached hydrogen (secondary N) is 1. The van der Waals surface area contributed by atoms with Gasteiger partial charge in [-0.3, -0.25) is 0 Å². The molecule has 1 aliphatic carbocycles. The number of nitrogen functional groups attached to an aromatic ring is 1. The zero-order chi connectivity index (χ0) is 13.9. The van der Waals surface area contributed by atoms with Gasteiger partial charge >= 0.3 is 0 Å². The lowest BCUT2D eigenvalue weighted by molar-refractivity contribution is 0.623. The van der Waals surface area contributed by atoms with Crippen LogP contribution in [-0.4, -0.2) is 9.97 Å². The lowest BCUT2D eigenvalue weighted by Gasteiger charge is -1.98. The second-order valence-electron chi connectivity index (χ2n) is 4.97. The minimum Gasteiger partial charge on any atom is -0.390 e. The highest BCUT2D eigenvalue weighted by atomic mass is 79.9. The first-order chi connectivity index (χ1) is 9.63. The maximum Gasteiger partial charge on any atom is 0.141 e. The molecule has 4 rings (SSSR count). The molecular weight excluding hydrogens is 341 g/mol. The van der Waals surface area contributed by atoms with Crippen molar-refractivity contribution in [3.05, 3.63) is 32.9 Å². The van der Waals surface area contributed by atoms with Crippen LogP contribution in [0.25, 0.3) is 22.4 Å². The molecule has 0 unspecified atom stereocenters. The maximum atomic E-state index is 13.6. The first-order valence-corrected chi connectivity index (χ1v) is 7.99. The third kappa shape index (κ3) is 1.71. The number of thiophene rings is 1. The Labute approximate surface area is 127 Å². The van der Waals surface area contributed by atoms with Crippen molar-refractivity contribution in [3.63, 3.8) is 0 Å². The lowest BCUT2D eigenvalue weighted by Crippen LogP contribution is -1.89. The summed E-state index contributed by atoms with van der Waals surface area (Å²) in [6.45, 7) is 0. The van der Waals surface area contributed by atoms with Gasteiger partial charge in [-0.05, 0) is 46.8 Å². The topological polar surface area (TPSA) is 54.7 Å². The lowest BCUT2D eigenvalue weighted by atomic mass is 10.1. The van der Waals surface area contributed by atoms with Crippen LogP contribution in [0.3, 0.4) is 0 Å². The summed E-state index contributed by atoms with van der Waals surface area (Å²) in [5.74, 6) is 0.450. The largest absolute Gasteiger partial charge is 0.390 e. The highest BCUT2D eigenvalue weighted by molar-refractivity contribution is 9.10. The number of hydrogen-bond acceptors (Lipinski definition) is 3. The molecule has 20 heavy (non-hydrogen) atoms. The van der Waals surface area contributed by atoms with E-state index in [4.69, 9.17) is 5.73 Å². The fraction of sp³-hybridized carbons (Fsp3) is 0.214. The fourth-order valence-corrected chi connectivity index (χ4v) is 4.30. The molecule has 3 aromatic rings. The van der Waals surface area contributed by atoms with Crippen LogP contribution in [0.2, 0.25) is 0 Å². The van der Waals surface area contributed by atoms with Crippen molar-refractivity contribution in [1.29, 1.82) is 0 Å². The molecule has 0 fully saturated rings. The third-order valence-electron chi connectivity index (χ3n) is 3.71. The van der Waals surface area contributed by atoms with E-state index in [1.807, 2.05) is 0 Å². The third-order valence-corrected chi connectivity index (χ3v) is 5.44. The van der Waals surface area contributed by atoms with E-state index in [1.165, 1.54) is 22.9 Å². The minimum absolute atomic E-state index is 0.295. The SMILES string of the molecule is Nc1sc2c(c1-c1nc3cc(Br)c(F)cc3[nH]1)CCC2. The number of aryl methyl sites for hydroxylation is 1. The zero-order valence-corrected chi connectivity index (χ0v) is 12.9. The number of fused-ring (bicyclic) bond motifs is 2. The first kappa shape index (κ1) is 12.3. The summed E-state index contributed by atoms with van der Waals surface area (Å²) in [6, 6.07) is 3.14. The van der Waals surface area contributed by atoms with E-state index in [-0.39, 0.29) is 5.82 Å². The number of H-pyrrole nitrogens is 1. The van der Waals surface area contributed by atoms with Gasteiger partial charge in [0.05, 0.1) is 26.1 Å².